The number of rotatable bonds is 7. The molecule has 0 saturated heterocycles. The number of carboxylic acid groups (broad SMARTS) is 1. The summed E-state index contributed by atoms with van der Waals surface area (Å²) in [6.07, 6.45) is 2.53. The van der Waals surface area contributed by atoms with Crippen molar-refractivity contribution in [3.05, 3.63) is 63.9 Å². The van der Waals surface area contributed by atoms with Crippen LogP contribution in [0, 0.1) is 0 Å². The van der Waals surface area contributed by atoms with Gasteiger partial charge in [-0.15, -0.1) is 11.3 Å². The standard InChI is InChI=1S/C16H16BNO5S/c19-14(10-13-5-2-8-24-13)18-16(17(22)23)12-4-1-3-11(9-12)6-7-15(20)21/h1-9,16,22-23H,10H2,(H,18,19)(H,20,21). The lowest BCUT2D eigenvalue weighted by atomic mass is 9.74. The van der Waals surface area contributed by atoms with Crippen molar-refractivity contribution in [1.82, 2.24) is 5.32 Å². The molecule has 1 atom stereocenters. The molecule has 1 heterocycles. The zero-order valence-corrected chi connectivity index (χ0v) is 13.4. The lowest BCUT2D eigenvalue weighted by molar-refractivity contribution is -0.131. The number of thiophene rings is 1. The van der Waals surface area contributed by atoms with Crippen LogP contribution in [0.1, 0.15) is 21.9 Å². The van der Waals surface area contributed by atoms with Gasteiger partial charge < -0.3 is 20.5 Å². The third-order valence-corrected chi connectivity index (χ3v) is 4.09. The first-order valence-electron chi connectivity index (χ1n) is 7.14. The van der Waals surface area contributed by atoms with Gasteiger partial charge in [-0.25, -0.2) is 4.79 Å². The van der Waals surface area contributed by atoms with E-state index in [1.165, 1.54) is 17.4 Å². The van der Waals surface area contributed by atoms with Crippen molar-refractivity contribution in [3.8, 4) is 0 Å². The highest BCUT2D eigenvalue weighted by Gasteiger charge is 2.27. The van der Waals surface area contributed by atoms with Crippen LogP contribution in [0.15, 0.2) is 47.9 Å². The summed E-state index contributed by atoms with van der Waals surface area (Å²) in [7, 11) is -1.78. The Labute approximate surface area is 143 Å². The van der Waals surface area contributed by atoms with Crippen LogP contribution >= 0.6 is 11.3 Å². The van der Waals surface area contributed by atoms with Gasteiger partial charge in [0.05, 0.1) is 12.4 Å². The van der Waals surface area contributed by atoms with E-state index in [1.807, 2.05) is 17.5 Å². The molecule has 4 N–H and O–H groups in total. The van der Waals surface area contributed by atoms with Crippen molar-refractivity contribution < 1.29 is 24.7 Å². The Morgan fingerprint density at radius 2 is 2.04 bits per heavy atom. The van der Waals surface area contributed by atoms with Gasteiger partial charge in [-0.3, -0.25) is 4.79 Å². The second-order valence-electron chi connectivity index (χ2n) is 5.06. The molecule has 2 rings (SSSR count). The number of carbonyl (C=O) groups excluding carboxylic acids is 1. The van der Waals surface area contributed by atoms with Crippen LogP contribution in [-0.2, 0) is 16.0 Å². The zero-order chi connectivity index (χ0) is 17.5. The van der Waals surface area contributed by atoms with E-state index >= 15 is 0 Å². The molecule has 124 valence electrons. The molecular formula is C16H16BNO5S. The van der Waals surface area contributed by atoms with Gasteiger partial charge in [-0.2, -0.15) is 0 Å². The molecule has 0 fully saturated rings. The highest BCUT2D eigenvalue weighted by atomic mass is 32.1. The minimum atomic E-state index is -1.78. The van der Waals surface area contributed by atoms with E-state index in [1.54, 1.807) is 24.3 Å². The van der Waals surface area contributed by atoms with E-state index in [0.29, 0.717) is 11.1 Å². The van der Waals surface area contributed by atoms with Crippen LogP contribution in [0.4, 0.5) is 0 Å². The maximum atomic E-state index is 12.1. The van der Waals surface area contributed by atoms with Crippen LogP contribution < -0.4 is 5.32 Å². The Bertz CT molecular complexity index is 730. The Hall–Kier alpha value is -2.42. The Kier molecular flexibility index (Phi) is 6.31. The number of aliphatic carboxylic acids is 1. The average Bonchev–Trinajstić information content (AvgIpc) is 3.03. The summed E-state index contributed by atoms with van der Waals surface area (Å²) in [4.78, 5) is 23.5. The molecule has 0 saturated carbocycles. The number of carbonyl (C=O) groups is 2. The first-order valence-corrected chi connectivity index (χ1v) is 8.02. The molecule has 6 nitrogen and oxygen atoms in total. The highest BCUT2D eigenvalue weighted by molar-refractivity contribution is 7.10. The van der Waals surface area contributed by atoms with E-state index in [2.05, 4.69) is 5.32 Å². The van der Waals surface area contributed by atoms with E-state index in [4.69, 9.17) is 5.11 Å². The van der Waals surface area contributed by atoms with Crippen LogP contribution in [0.2, 0.25) is 0 Å². The summed E-state index contributed by atoms with van der Waals surface area (Å²) in [5, 5.41) is 32.3. The number of nitrogens with one attached hydrogen (secondary N) is 1. The van der Waals surface area contributed by atoms with Crippen molar-refractivity contribution in [2.24, 2.45) is 0 Å². The van der Waals surface area contributed by atoms with Crippen LogP contribution in [0.25, 0.3) is 6.08 Å². The molecule has 1 aromatic carbocycles. The average molecular weight is 345 g/mol. The third-order valence-electron chi connectivity index (χ3n) is 3.22. The molecule has 0 aliphatic carbocycles. The largest absolute Gasteiger partial charge is 0.480 e. The monoisotopic (exact) mass is 345 g/mol. The van der Waals surface area contributed by atoms with Gasteiger partial charge in [0.1, 0.15) is 0 Å². The molecule has 0 spiro atoms. The molecule has 0 aliphatic rings. The van der Waals surface area contributed by atoms with E-state index in [9.17, 15) is 19.6 Å². The number of carboxylic acids is 1. The molecule has 0 bridgehead atoms. The SMILES string of the molecule is O=C(O)C=Cc1cccc(C(NC(=O)Cc2cccs2)B(O)O)c1. The number of benzene rings is 1. The number of amides is 1. The van der Waals surface area contributed by atoms with Gasteiger partial charge >= 0.3 is 13.1 Å². The smallest absolute Gasteiger partial charge is 0.478 e. The van der Waals surface area contributed by atoms with Gasteiger partial charge in [-0.05, 0) is 28.6 Å². The molecule has 2 aromatic rings. The second-order valence-corrected chi connectivity index (χ2v) is 6.09. The molecule has 1 aromatic heterocycles. The molecule has 1 unspecified atom stereocenters. The summed E-state index contributed by atoms with van der Waals surface area (Å²) in [5.41, 5.74) is 1.05. The van der Waals surface area contributed by atoms with Crippen molar-refractivity contribution in [1.29, 1.82) is 0 Å². The summed E-state index contributed by atoms with van der Waals surface area (Å²) < 4.78 is 0. The zero-order valence-electron chi connectivity index (χ0n) is 12.6. The van der Waals surface area contributed by atoms with Crippen molar-refractivity contribution in [3.63, 3.8) is 0 Å². The van der Waals surface area contributed by atoms with E-state index < -0.39 is 19.0 Å². The first kappa shape index (κ1) is 17.9. The molecular weight excluding hydrogens is 329 g/mol. The molecule has 8 heteroatoms. The fraction of sp³-hybridized carbons (Fsp3) is 0.125. The first-order chi connectivity index (χ1) is 11.5. The minimum absolute atomic E-state index is 0.152. The predicted molar refractivity (Wildman–Crippen MR) is 92.2 cm³/mol. The van der Waals surface area contributed by atoms with Crippen molar-refractivity contribution in [2.75, 3.05) is 0 Å². The van der Waals surface area contributed by atoms with Gasteiger partial charge in [0, 0.05) is 11.0 Å². The van der Waals surface area contributed by atoms with E-state index in [-0.39, 0.29) is 12.3 Å². The Morgan fingerprint density at radius 3 is 2.67 bits per heavy atom. The van der Waals surface area contributed by atoms with Crippen LogP contribution in [0.5, 0.6) is 0 Å². The topological polar surface area (TPSA) is 107 Å². The quantitative estimate of drug-likeness (QED) is 0.446. The lowest BCUT2D eigenvalue weighted by Gasteiger charge is -2.18. The molecule has 1 amide bonds. The lowest BCUT2D eigenvalue weighted by Crippen LogP contribution is -2.39. The van der Waals surface area contributed by atoms with Crippen molar-refractivity contribution >= 4 is 36.4 Å². The van der Waals surface area contributed by atoms with Gasteiger partial charge in [0.15, 0.2) is 0 Å². The molecule has 24 heavy (non-hydrogen) atoms. The highest BCUT2D eigenvalue weighted by Crippen LogP contribution is 2.18. The van der Waals surface area contributed by atoms with Crippen LogP contribution in [-0.4, -0.2) is 34.1 Å². The fourth-order valence-electron chi connectivity index (χ4n) is 2.15. The Balaban J connectivity index is 2.13. The second kappa shape index (κ2) is 8.44. The summed E-state index contributed by atoms with van der Waals surface area (Å²) >= 11 is 1.44. The third kappa shape index (κ3) is 5.34. The van der Waals surface area contributed by atoms with Crippen LogP contribution in [0.3, 0.4) is 0 Å². The normalized spacial score (nSPS) is 12.1. The van der Waals surface area contributed by atoms with Gasteiger partial charge in [-0.1, -0.05) is 30.3 Å². The summed E-state index contributed by atoms with van der Waals surface area (Å²) in [6.45, 7) is 0. The fourth-order valence-corrected chi connectivity index (χ4v) is 2.85. The van der Waals surface area contributed by atoms with E-state index in [0.717, 1.165) is 11.0 Å². The molecule has 0 aliphatic heterocycles. The Morgan fingerprint density at radius 1 is 1.25 bits per heavy atom. The number of hydrogen-bond donors (Lipinski definition) is 4. The summed E-state index contributed by atoms with van der Waals surface area (Å²) in [6, 6.07) is 10.2. The predicted octanol–water partition coefficient (Wildman–Crippen LogP) is 1.26. The van der Waals surface area contributed by atoms with Crippen molar-refractivity contribution in [2.45, 2.75) is 12.4 Å². The summed E-state index contributed by atoms with van der Waals surface area (Å²) in [5.74, 6) is -2.42. The minimum Gasteiger partial charge on any atom is -0.478 e. The maximum Gasteiger partial charge on any atom is 0.480 e. The molecule has 0 radical (unpaired) electrons. The van der Waals surface area contributed by atoms with Gasteiger partial charge in [0.25, 0.3) is 0 Å². The van der Waals surface area contributed by atoms with Gasteiger partial charge in [0.2, 0.25) is 5.91 Å². The maximum absolute atomic E-state index is 12.1. The number of hydrogen-bond acceptors (Lipinski definition) is 5.